The molecular formula is C17H26N2OS. The van der Waals surface area contributed by atoms with E-state index >= 15 is 0 Å². The molecule has 0 aliphatic rings. The van der Waals surface area contributed by atoms with Gasteiger partial charge >= 0.3 is 0 Å². The highest BCUT2D eigenvalue weighted by Crippen LogP contribution is 2.25. The van der Waals surface area contributed by atoms with E-state index in [4.69, 9.17) is 18.0 Å². The van der Waals surface area contributed by atoms with Gasteiger partial charge in [-0.2, -0.15) is 0 Å². The van der Waals surface area contributed by atoms with Crippen molar-refractivity contribution in [1.82, 2.24) is 5.32 Å². The Morgan fingerprint density at radius 3 is 2.33 bits per heavy atom. The number of amides is 1. The van der Waals surface area contributed by atoms with Crippen molar-refractivity contribution in [3.05, 3.63) is 35.4 Å². The van der Waals surface area contributed by atoms with Gasteiger partial charge in [-0.1, -0.05) is 64.2 Å². The smallest absolute Gasteiger partial charge is 0.220 e. The van der Waals surface area contributed by atoms with Crippen molar-refractivity contribution in [2.75, 3.05) is 0 Å². The second kappa shape index (κ2) is 7.55. The van der Waals surface area contributed by atoms with Gasteiger partial charge < -0.3 is 11.1 Å². The van der Waals surface area contributed by atoms with Crippen molar-refractivity contribution in [3.8, 4) is 0 Å². The Hall–Kier alpha value is -1.42. The number of rotatable bonds is 6. The Morgan fingerprint density at radius 1 is 1.29 bits per heavy atom. The summed E-state index contributed by atoms with van der Waals surface area (Å²) in [5.74, 6) is 0.493. The molecule has 1 unspecified atom stereocenters. The lowest BCUT2D eigenvalue weighted by molar-refractivity contribution is -0.122. The highest BCUT2D eigenvalue weighted by atomic mass is 32.1. The zero-order chi connectivity index (χ0) is 16.0. The molecular weight excluding hydrogens is 280 g/mol. The summed E-state index contributed by atoms with van der Waals surface area (Å²) in [4.78, 5) is 12.3. The first-order valence-electron chi connectivity index (χ1n) is 7.33. The van der Waals surface area contributed by atoms with Gasteiger partial charge in [-0.3, -0.25) is 4.79 Å². The van der Waals surface area contributed by atoms with Crippen molar-refractivity contribution in [2.24, 2.45) is 17.1 Å². The van der Waals surface area contributed by atoms with Crippen LogP contribution >= 0.6 is 12.2 Å². The average Bonchev–Trinajstić information content (AvgIpc) is 2.34. The Bertz CT molecular complexity index is 489. The molecule has 0 aliphatic heterocycles. The van der Waals surface area contributed by atoms with E-state index in [1.165, 1.54) is 0 Å². The number of nitrogens with one attached hydrogen (secondary N) is 1. The van der Waals surface area contributed by atoms with E-state index in [9.17, 15) is 4.79 Å². The molecule has 0 aliphatic carbocycles. The van der Waals surface area contributed by atoms with Gasteiger partial charge in [0.2, 0.25) is 5.91 Å². The van der Waals surface area contributed by atoms with E-state index < -0.39 is 0 Å². The van der Waals surface area contributed by atoms with Gasteiger partial charge in [0.1, 0.15) is 4.99 Å². The number of thiocarbonyl (C=S) groups is 1. The number of hydrogen-bond acceptors (Lipinski definition) is 2. The molecule has 0 bridgehead atoms. The van der Waals surface area contributed by atoms with Crippen molar-refractivity contribution in [2.45, 2.75) is 47.1 Å². The number of nitrogens with two attached hydrogens (primary N) is 1. The Kier molecular flexibility index (Phi) is 6.34. The maximum atomic E-state index is 11.9. The molecule has 116 valence electrons. The first-order valence-corrected chi connectivity index (χ1v) is 7.73. The molecule has 21 heavy (non-hydrogen) atoms. The summed E-state index contributed by atoms with van der Waals surface area (Å²) in [7, 11) is 0. The average molecular weight is 306 g/mol. The molecule has 0 spiro atoms. The summed E-state index contributed by atoms with van der Waals surface area (Å²) in [6.45, 7) is 9.26. The van der Waals surface area contributed by atoms with E-state index in [0.717, 1.165) is 17.5 Å². The number of carbonyl (C=O) groups excluding carboxylic acids is 1. The second-order valence-electron chi connectivity index (χ2n) is 6.91. The van der Waals surface area contributed by atoms with Crippen LogP contribution in [0.3, 0.4) is 0 Å². The van der Waals surface area contributed by atoms with Crippen LogP contribution in [-0.4, -0.2) is 10.9 Å². The Balaban J connectivity index is 2.41. The predicted molar refractivity (Wildman–Crippen MR) is 92.0 cm³/mol. The van der Waals surface area contributed by atoms with E-state index in [1.54, 1.807) is 0 Å². The van der Waals surface area contributed by atoms with Gasteiger partial charge in [-0.25, -0.2) is 0 Å². The molecule has 1 aromatic carbocycles. The number of benzene rings is 1. The predicted octanol–water partition coefficient (Wildman–Crippen LogP) is 3.40. The first kappa shape index (κ1) is 17.6. The molecule has 0 saturated carbocycles. The molecule has 0 aromatic heterocycles. The second-order valence-corrected chi connectivity index (χ2v) is 7.35. The summed E-state index contributed by atoms with van der Waals surface area (Å²) in [6, 6.07) is 7.64. The molecule has 1 atom stereocenters. The molecule has 1 aromatic rings. The van der Waals surface area contributed by atoms with E-state index in [-0.39, 0.29) is 11.3 Å². The zero-order valence-electron chi connectivity index (χ0n) is 13.4. The molecule has 1 rings (SSSR count). The van der Waals surface area contributed by atoms with Gasteiger partial charge in [-0.15, -0.1) is 0 Å². The largest absolute Gasteiger partial charge is 0.389 e. The topological polar surface area (TPSA) is 55.1 Å². The third kappa shape index (κ3) is 7.23. The minimum absolute atomic E-state index is 0.102. The van der Waals surface area contributed by atoms with Crippen LogP contribution in [0.15, 0.2) is 24.3 Å². The van der Waals surface area contributed by atoms with Gasteiger partial charge in [0.25, 0.3) is 0 Å². The maximum absolute atomic E-state index is 11.9. The molecule has 3 nitrogen and oxygen atoms in total. The van der Waals surface area contributed by atoms with Gasteiger partial charge in [0, 0.05) is 18.5 Å². The van der Waals surface area contributed by atoms with Gasteiger partial charge in [0.05, 0.1) is 0 Å². The van der Waals surface area contributed by atoms with Crippen LogP contribution in [0.4, 0.5) is 0 Å². The lowest BCUT2D eigenvalue weighted by Gasteiger charge is -2.22. The third-order valence-corrected chi connectivity index (χ3v) is 3.46. The molecule has 0 fully saturated rings. The SMILES string of the molecule is CC(CC(=O)NCc1ccc(C(N)=S)cc1)CC(C)(C)C. The van der Waals surface area contributed by atoms with E-state index in [1.807, 2.05) is 24.3 Å². The lowest BCUT2D eigenvalue weighted by atomic mass is 9.84. The van der Waals surface area contributed by atoms with Crippen LogP contribution in [0.5, 0.6) is 0 Å². The van der Waals surface area contributed by atoms with Crippen LogP contribution < -0.4 is 11.1 Å². The monoisotopic (exact) mass is 306 g/mol. The molecule has 3 N–H and O–H groups in total. The minimum Gasteiger partial charge on any atom is -0.389 e. The minimum atomic E-state index is 0.102. The quantitative estimate of drug-likeness (QED) is 0.792. The summed E-state index contributed by atoms with van der Waals surface area (Å²) in [5, 5.41) is 2.96. The van der Waals surface area contributed by atoms with Crippen LogP contribution in [0.2, 0.25) is 0 Å². The van der Waals surface area contributed by atoms with Crippen LogP contribution in [0.1, 0.15) is 51.7 Å². The van der Waals surface area contributed by atoms with Gasteiger partial charge in [0.15, 0.2) is 0 Å². The van der Waals surface area contributed by atoms with E-state index in [2.05, 4.69) is 33.0 Å². The van der Waals surface area contributed by atoms with E-state index in [0.29, 0.717) is 23.9 Å². The summed E-state index contributed by atoms with van der Waals surface area (Å²) in [6.07, 6.45) is 1.62. The molecule has 0 heterocycles. The summed E-state index contributed by atoms with van der Waals surface area (Å²) in [5.41, 5.74) is 7.71. The molecule has 0 radical (unpaired) electrons. The third-order valence-electron chi connectivity index (χ3n) is 3.22. The van der Waals surface area contributed by atoms with Crippen molar-refractivity contribution >= 4 is 23.1 Å². The highest BCUT2D eigenvalue weighted by molar-refractivity contribution is 7.80. The Labute approximate surface area is 133 Å². The van der Waals surface area contributed by atoms with Crippen molar-refractivity contribution < 1.29 is 4.79 Å². The van der Waals surface area contributed by atoms with Crippen LogP contribution in [0, 0.1) is 11.3 Å². The normalized spacial score (nSPS) is 12.8. The zero-order valence-corrected chi connectivity index (χ0v) is 14.2. The fourth-order valence-corrected chi connectivity index (χ4v) is 2.63. The lowest BCUT2D eigenvalue weighted by Crippen LogP contribution is -2.25. The first-order chi connectivity index (χ1) is 9.67. The molecule has 0 saturated heterocycles. The molecule has 4 heteroatoms. The van der Waals surface area contributed by atoms with Crippen molar-refractivity contribution in [3.63, 3.8) is 0 Å². The fraction of sp³-hybridized carbons (Fsp3) is 0.529. The Morgan fingerprint density at radius 2 is 1.86 bits per heavy atom. The van der Waals surface area contributed by atoms with Gasteiger partial charge in [-0.05, 0) is 23.3 Å². The summed E-state index contributed by atoms with van der Waals surface area (Å²) >= 11 is 4.91. The standard InChI is InChI=1S/C17H26N2OS/c1-12(10-17(2,3)4)9-15(20)19-11-13-5-7-14(8-6-13)16(18)21/h5-8,12H,9-11H2,1-4H3,(H2,18,21)(H,19,20). The van der Waals surface area contributed by atoms with Crippen LogP contribution in [0.25, 0.3) is 0 Å². The highest BCUT2D eigenvalue weighted by Gasteiger charge is 2.17. The summed E-state index contributed by atoms with van der Waals surface area (Å²) < 4.78 is 0. The fourth-order valence-electron chi connectivity index (χ4n) is 2.49. The van der Waals surface area contributed by atoms with Crippen LogP contribution in [-0.2, 0) is 11.3 Å². The maximum Gasteiger partial charge on any atom is 0.220 e. The molecule has 1 amide bonds. The van der Waals surface area contributed by atoms with Crippen molar-refractivity contribution in [1.29, 1.82) is 0 Å². The number of carbonyl (C=O) groups is 1. The number of hydrogen-bond donors (Lipinski definition) is 2.